The van der Waals surface area contributed by atoms with Crippen LogP contribution in [0.15, 0.2) is 0 Å². The van der Waals surface area contributed by atoms with Gasteiger partial charge in [-0.2, -0.15) is 0 Å². The van der Waals surface area contributed by atoms with Gasteiger partial charge in [-0.3, -0.25) is 0 Å². The van der Waals surface area contributed by atoms with Crippen LogP contribution >= 0.6 is 67.8 Å². The molecule has 0 spiro atoms. The highest BCUT2D eigenvalue weighted by atomic mass is 127. The maximum atomic E-state index is 2.59. The van der Waals surface area contributed by atoms with Crippen LogP contribution in [0.1, 0.15) is 19.3 Å². The Balaban J connectivity index is 2.41. The third-order valence-electron chi connectivity index (χ3n) is 1.65. The van der Waals surface area contributed by atoms with Crippen LogP contribution < -0.4 is 0 Å². The summed E-state index contributed by atoms with van der Waals surface area (Å²) in [4.78, 5) is 0. The van der Waals surface area contributed by atoms with E-state index in [0.29, 0.717) is 0 Å². The molecule has 1 fully saturated rings. The Morgan fingerprint density at radius 1 is 0.889 bits per heavy atom. The summed E-state index contributed by atoms with van der Waals surface area (Å²) in [6, 6.07) is 0. The summed E-state index contributed by atoms with van der Waals surface area (Å²) < 4.78 is 2.77. The van der Waals surface area contributed by atoms with Crippen LogP contribution in [0.2, 0.25) is 0 Å². The second kappa shape index (κ2) is 4.27. The van der Waals surface area contributed by atoms with Gasteiger partial charge in [-0.15, -0.1) is 0 Å². The maximum Gasteiger partial charge on any atom is 0.0345 e. The molecule has 1 rings (SSSR count). The minimum absolute atomic E-state index is 0.914. The molecule has 2 atom stereocenters. The highest BCUT2D eigenvalue weighted by Gasteiger charge is 2.26. The molecule has 2 unspecified atom stereocenters. The van der Waals surface area contributed by atoms with Crippen molar-refractivity contribution < 1.29 is 0 Å². The van der Waals surface area contributed by atoms with Gasteiger partial charge < -0.3 is 0 Å². The largest absolute Gasteiger partial charge is 0.0814 e. The average molecular weight is 462 g/mol. The van der Waals surface area contributed by atoms with Crippen LogP contribution in [0.5, 0.6) is 0 Å². The van der Waals surface area contributed by atoms with Gasteiger partial charge in [0, 0.05) is 11.8 Å². The average Bonchev–Trinajstić information content (AvgIpc) is 1.83. The molecule has 0 aromatic rings. The van der Waals surface area contributed by atoms with Gasteiger partial charge in [-0.25, -0.2) is 0 Å². The molecule has 0 N–H and O–H groups in total. The first-order chi connectivity index (χ1) is 4.22. The summed E-state index contributed by atoms with van der Waals surface area (Å²) in [5.74, 6) is 0. The van der Waals surface area contributed by atoms with Gasteiger partial charge >= 0.3 is 0 Å². The Hall–Kier alpha value is 2.19. The van der Waals surface area contributed by atoms with Crippen molar-refractivity contribution in [3.8, 4) is 0 Å². The Labute approximate surface area is 97.3 Å². The fourth-order valence-corrected chi connectivity index (χ4v) is 4.45. The lowest BCUT2D eigenvalue weighted by molar-refractivity contribution is 0.575. The van der Waals surface area contributed by atoms with E-state index in [2.05, 4.69) is 67.8 Å². The summed E-state index contributed by atoms with van der Waals surface area (Å²) in [6.07, 6.45) is 4.32. The molecule has 0 aliphatic heterocycles. The van der Waals surface area contributed by atoms with E-state index < -0.39 is 0 Å². The van der Waals surface area contributed by atoms with Crippen molar-refractivity contribution in [2.75, 3.05) is 0 Å². The Morgan fingerprint density at radius 3 is 1.67 bits per heavy atom. The Bertz CT molecular complexity index is 84.3. The number of rotatable bonds is 0. The number of halogens is 3. The lowest BCUT2D eigenvalue weighted by Crippen LogP contribution is -2.28. The molecule has 0 radical (unpaired) electrons. The molecule has 54 valence electrons. The minimum Gasteiger partial charge on any atom is -0.0814 e. The van der Waals surface area contributed by atoms with Crippen molar-refractivity contribution in [1.29, 1.82) is 0 Å². The van der Waals surface area contributed by atoms with E-state index in [1.54, 1.807) is 0 Å². The summed E-state index contributed by atoms with van der Waals surface area (Å²) in [5.41, 5.74) is 0. The second-order valence-electron chi connectivity index (χ2n) is 2.41. The van der Waals surface area contributed by atoms with Crippen LogP contribution in [-0.4, -0.2) is 11.8 Å². The summed E-state index contributed by atoms with van der Waals surface area (Å²) in [7, 11) is 0. The van der Waals surface area contributed by atoms with Gasteiger partial charge in [-0.1, -0.05) is 74.2 Å². The molecule has 0 aromatic carbocycles. The Morgan fingerprint density at radius 2 is 1.33 bits per heavy atom. The van der Waals surface area contributed by atoms with Crippen molar-refractivity contribution in [2.24, 2.45) is 0 Å². The lowest BCUT2D eigenvalue weighted by atomic mass is 10.0. The molecule has 1 aliphatic rings. The summed E-state index contributed by atoms with van der Waals surface area (Å²) in [5, 5.41) is 0. The topological polar surface area (TPSA) is 0 Å². The molecule has 1 saturated carbocycles. The molecule has 0 amide bonds. The second-order valence-corrected chi connectivity index (χ2v) is 7.05. The molecule has 1 aliphatic carbocycles. The van der Waals surface area contributed by atoms with Crippen molar-refractivity contribution in [1.82, 2.24) is 0 Å². The van der Waals surface area contributed by atoms with Crippen molar-refractivity contribution in [2.45, 2.75) is 31.0 Å². The van der Waals surface area contributed by atoms with E-state index >= 15 is 0 Å². The van der Waals surface area contributed by atoms with E-state index in [4.69, 9.17) is 0 Å². The molecular formula is C6H9I3. The standard InChI is InChI=1S/C6H9I3/c7-4-2-1-3-5(8)6(4)9/h4-6H,1-3H2. The molecule has 0 heterocycles. The van der Waals surface area contributed by atoms with Crippen LogP contribution in [0.3, 0.4) is 0 Å². The maximum absolute atomic E-state index is 2.59. The zero-order valence-electron chi connectivity index (χ0n) is 4.99. The monoisotopic (exact) mass is 462 g/mol. The van der Waals surface area contributed by atoms with Gasteiger partial charge in [-0.05, 0) is 12.8 Å². The fourth-order valence-electron chi connectivity index (χ4n) is 1.05. The first-order valence-electron chi connectivity index (χ1n) is 3.14. The van der Waals surface area contributed by atoms with Crippen molar-refractivity contribution >= 4 is 67.8 Å². The van der Waals surface area contributed by atoms with E-state index in [0.717, 1.165) is 11.8 Å². The first kappa shape index (κ1) is 9.28. The van der Waals surface area contributed by atoms with Gasteiger partial charge in [0.2, 0.25) is 0 Å². The van der Waals surface area contributed by atoms with Crippen LogP contribution in [0.25, 0.3) is 0 Å². The third-order valence-corrected chi connectivity index (χ3v) is 8.93. The quantitative estimate of drug-likeness (QED) is 0.382. The normalized spacial score (nSPS) is 45.0. The van der Waals surface area contributed by atoms with Crippen molar-refractivity contribution in [3.63, 3.8) is 0 Å². The molecular weight excluding hydrogens is 453 g/mol. The van der Waals surface area contributed by atoms with Gasteiger partial charge in [0.25, 0.3) is 0 Å². The van der Waals surface area contributed by atoms with E-state index in [9.17, 15) is 0 Å². The highest BCUT2D eigenvalue weighted by Crippen LogP contribution is 2.34. The molecule has 9 heavy (non-hydrogen) atoms. The van der Waals surface area contributed by atoms with Crippen LogP contribution in [-0.2, 0) is 0 Å². The van der Waals surface area contributed by atoms with Gasteiger partial charge in [0.15, 0.2) is 0 Å². The predicted octanol–water partition coefficient (Wildman–Crippen LogP) is 3.58. The third kappa shape index (κ3) is 2.61. The summed E-state index contributed by atoms with van der Waals surface area (Å²) >= 11 is 7.77. The highest BCUT2D eigenvalue weighted by molar-refractivity contribution is 14.1. The minimum atomic E-state index is 0.914. The lowest BCUT2D eigenvalue weighted by Gasteiger charge is -2.27. The smallest absolute Gasteiger partial charge is 0.0345 e. The number of hydrogen-bond acceptors (Lipinski definition) is 0. The Kier molecular flexibility index (Phi) is 4.41. The summed E-state index contributed by atoms with van der Waals surface area (Å²) in [6.45, 7) is 0. The van der Waals surface area contributed by atoms with Crippen LogP contribution in [0, 0.1) is 0 Å². The van der Waals surface area contributed by atoms with Crippen LogP contribution in [0.4, 0.5) is 0 Å². The molecule has 0 nitrogen and oxygen atoms in total. The van der Waals surface area contributed by atoms with E-state index in [-0.39, 0.29) is 0 Å². The molecule has 0 bridgehead atoms. The number of alkyl halides is 3. The van der Waals surface area contributed by atoms with E-state index in [1.807, 2.05) is 0 Å². The zero-order valence-corrected chi connectivity index (χ0v) is 11.5. The zero-order chi connectivity index (χ0) is 6.85. The van der Waals surface area contributed by atoms with Crippen molar-refractivity contribution in [3.05, 3.63) is 0 Å². The SMILES string of the molecule is IC1CCCC(I)C1I. The molecule has 0 aromatic heterocycles. The number of hydrogen-bond donors (Lipinski definition) is 0. The first-order valence-corrected chi connectivity index (χ1v) is 6.87. The van der Waals surface area contributed by atoms with Gasteiger partial charge in [0.05, 0.1) is 0 Å². The fraction of sp³-hybridized carbons (Fsp3) is 1.00. The predicted molar refractivity (Wildman–Crippen MR) is 67.3 cm³/mol. The molecule has 0 saturated heterocycles. The molecule has 3 heteroatoms. The van der Waals surface area contributed by atoms with Gasteiger partial charge in [0.1, 0.15) is 0 Å². The van der Waals surface area contributed by atoms with E-state index in [1.165, 1.54) is 19.3 Å².